The van der Waals surface area contributed by atoms with Crippen LogP contribution in [0.15, 0.2) is 11.8 Å². The second kappa shape index (κ2) is 4.77. The lowest BCUT2D eigenvalue weighted by atomic mass is 10.4. The zero-order valence-electron chi connectivity index (χ0n) is 7.55. The van der Waals surface area contributed by atoms with E-state index in [1.54, 1.807) is 6.92 Å². The van der Waals surface area contributed by atoms with Crippen molar-refractivity contribution in [2.75, 3.05) is 20.7 Å². The number of esters is 1. The molecule has 0 aliphatic heterocycles. The molecule has 0 aromatic carbocycles. The Morgan fingerprint density at radius 1 is 1.55 bits per heavy atom. The quantitative estimate of drug-likeness (QED) is 0.452. The first-order valence-electron chi connectivity index (χ1n) is 3.60. The molecule has 0 aliphatic carbocycles. The molecule has 0 unspecified atom stereocenters. The first-order chi connectivity index (χ1) is 5.07. The van der Waals surface area contributed by atoms with E-state index < -0.39 is 0 Å². The molecule has 64 valence electrons. The summed E-state index contributed by atoms with van der Waals surface area (Å²) in [7, 11) is 3.76. The molecule has 0 fully saturated rings. The van der Waals surface area contributed by atoms with Gasteiger partial charge in [0.1, 0.15) is 0 Å². The number of rotatable bonds is 3. The summed E-state index contributed by atoms with van der Waals surface area (Å²) in [4.78, 5) is 12.7. The maximum absolute atomic E-state index is 10.8. The van der Waals surface area contributed by atoms with Gasteiger partial charge in [-0.1, -0.05) is 0 Å². The zero-order valence-corrected chi connectivity index (χ0v) is 7.55. The molecule has 0 atom stereocenters. The predicted molar refractivity (Wildman–Crippen MR) is 44.1 cm³/mol. The van der Waals surface area contributed by atoms with Crippen LogP contribution >= 0.6 is 0 Å². The van der Waals surface area contributed by atoms with E-state index >= 15 is 0 Å². The van der Waals surface area contributed by atoms with E-state index in [4.69, 9.17) is 4.74 Å². The van der Waals surface area contributed by atoms with Gasteiger partial charge in [-0.2, -0.15) is 0 Å². The monoisotopic (exact) mass is 157 g/mol. The maximum Gasteiger partial charge on any atom is 0.332 e. The van der Waals surface area contributed by atoms with Crippen molar-refractivity contribution in [1.82, 2.24) is 4.90 Å². The SMILES string of the molecule is CCOC(=O)/C=C(\C)N(C)C. The Kier molecular flexibility index (Phi) is 4.34. The third-order valence-corrected chi connectivity index (χ3v) is 1.32. The normalized spacial score (nSPS) is 11.1. The van der Waals surface area contributed by atoms with Crippen molar-refractivity contribution in [2.45, 2.75) is 13.8 Å². The van der Waals surface area contributed by atoms with Gasteiger partial charge >= 0.3 is 5.97 Å². The highest BCUT2D eigenvalue weighted by atomic mass is 16.5. The van der Waals surface area contributed by atoms with Crippen LogP contribution in [0.2, 0.25) is 0 Å². The average molecular weight is 157 g/mol. The topological polar surface area (TPSA) is 29.5 Å². The van der Waals surface area contributed by atoms with Gasteiger partial charge in [0.2, 0.25) is 0 Å². The van der Waals surface area contributed by atoms with Crippen LogP contribution in [0.5, 0.6) is 0 Å². The first-order valence-corrected chi connectivity index (χ1v) is 3.60. The molecule has 0 aromatic rings. The number of carbonyl (C=O) groups is 1. The Labute approximate surface area is 67.6 Å². The number of hydrogen-bond acceptors (Lipinski definition) is 3. The van der Waals surface area contributed by atoms with Crippen molar-refractivity contribution in [3.05, 3.63) is 11.8 Å². The van der Waals surface area contributed by atoms with Gasteiger partial charge in [-0.25, -0.2) is 4.79 Å². The van der Waals surface area contributed by atoms with E-state index in [1.807, 2.05) is 25.9 Å². The highest BCUT2D eigenvalue weighted by Crippen LogP contribution is 1.96. The summed E-state index contributed by atoms with van der Waals surface area (Å²) in [6.07, 6.45) is 1.48. The number of allylic oxidation sites excluding steroid dienone is 1. The van der Waals surface area contributed by atoms with Crippen LogP contribution in [0.25, 0.3) is 0 Å². The summed E-state index contributed by atoms with van der Waals surface area (Å²) in [6, 6.07) is 0. The van der Waals surface area contributed by atoms with Crippen LogP contribution in [0.3, 0.4) is 0 Å². The summed E-state index contributed by atoms with van der Waals surface area (Å²) >= 11 is 0. The number of carbonyl (C=O) groups excluding carboxylic acids is 1. The highest BCUT2D eigenvalue weighted by Gasteiger charge is 1.97. The molecule has 0 rings (SSSR count). The van der Waals surface area contributed by atoms with Gasteiger partial charge in [-0.05, 0) is 13.8 Å². The highest BCUT2D eigenvalue weighted by molar-refractivity contribution is 5.82. The minimum absolute atomic E-state index is 0.279. The van der Waals surface area contributed by atoms with Gasteiger partial charge in [-0.15, -0.1) is 0 Å². The molecule has 0 saturated heterocycles. The van der Waals surface area contributed by atoms with Gasteiger partial charge < -0.3 is 9.64 Å². The third-order valence-electron chi connectivity index (χ3n) is 1.32. The lowest BCUT2D eigenvalue weighted by Gasteiger charge is -2.11. The van der Waals surface area contributed by atoms with Gasteiger partial charge in [0.25, 0.3) is 0 Å². The molecule has 0 radical (unpaired) electrons. The van der Waals surface area contributed by atoms with Crippen molar-refractivity contribution in [3.8, 4) is 0 Å². The van der Waals surface area contributed by atoms with Crippen molar-refractivity contribution >= 4 is 5.97 Å². The van der Waals surface area contributed by atoms with Crippen molar-refractivity contribution < 1.29 is 9.53 Å². The smallest absolute Gasteiger partial charge is 0.332 e. The molecule has 11 heavy (non-hydrogen) atoms. The lowest BCUT2D eigenvalue weighted by Crippen LogP contribution is -2.11. The van der Waals surface area contributed by atoms with Crippen LogP contribution in [-0.2, 0) is 9.53 Å². The Morgan fingerprint density at radius 3 is 2.45 bits per heavy atom. The Hall–Kier alpha value is -0.990. The molecule has 0 aromatic heterocycles. The fourth-order valence-electron chi connectivity index (χ4n) is 0.484. The summed E-state index contributed by atoms with van der Waals surface area (Å²) in [6.45, 7) is 4.07. The zero-order chi connectivity index (χ0) is 8.85. The van der Waals surface area contributed by atoms with Crippen LogP contribution in [0.1, 0.15) is 13.8 Å². The van der Waals surface area contributed by atoms with Gasteiger partial charge in [0, 0.05) is 25.9 Å². The fraction of sp³-hybridized carbons (Fsp3) is 0.625. The van der Waals surface area contributed by atoms with E-state index in [9.17, 15) is 4.79 Å². The molecule has 0 heterocycles. The van der Waals surface area contributed by atoms with Gasteiger partial charge in [0.15, 0.2) is 0 Å². The summed E-state index contributed by atoms with van der Waals surface area (Å²) in [5.74, 6) is -0.279. The summed E-state index contributed by atoms with van der Waals surface area (Å²) in [5.41, 5.74) is 0.892. The average Bonchev–Trinajstić information content (AvgIpc) is 1.87. The molecule has 0 saturated carbocycles. The maximum atomic E-state index is 10.8. The molecule has 0 spiro atoms. The number of hydrogen-bond donors (Lipinski definition) is 0. The number of nitrogens with zero attached hydrogens (tertiary/aromatic N) is 1. The van der Waals surface area contributed by atoms with Crippen molar-refractivity contribution in [2.24, 2.45) is 0 Å². The Morgan fingerprint density at radius 2 is 2.09 bits per heavy atom. The Balaban J connectivity index is 3.97. The van der Waals surface area contributed by atoms with Gasteiger partial charge in [0.05, 0.1) is 6.61 Å². The van der Waals surface area contributed by atoms with E-state index in [0.29, 0.717) is 6.61 Å². The van der Waals surface area contributed by atoms with E-state index in [-0.39, 0.29) is 5.97 Å². The molecular formula is C8H15NO2. The molecule has 0 aliphatic rings. The standard InChI is InChI=1S/C8H15NO2/c1-5-11-8(10)6-7(2)9(3)4/h6H,5H2,1-4H3/b7-6+. The van der Waals surface area contributed by atoms with E-state index in [0.717, 1.165) is 5.70 Å². The van der Waals surface area contributed by atoms with E-state index in [2.05, 4.69) is 0 Å². The van der Waals surface area contributed by atoms with Crippen molar-refractivity contribution in [3.63, 3.8) is 0 Å². The van der Waals surface area contributed by atoms with Crippen LogP contribution < -0.4 is 0 Å². The number of ether oxygens (including phenoxy) is 1. The fourth-order valence-corrected chi connectivity index (χ4v) is 0.484. The largest absolute Gasteiger partial charge is 0.463 e. The lowest BCUT2D eigenvalue weighted by molar-refractivity contribution is -0.137. The van der Waals surface area contributed by atoms with Crippen LogP contribution in [0.4, 0.5) is 0 Å². The third kappa shape index (κ3) is 4.42. The first kappa shape index (κ1) is 10.0. The molecule has 3 nitrogen and oxygen atoms in total. The summed E-state index contributed by atoms with van der Waals surface area (Å²) < 4.78 is 4.72. The minimum atomic E-state index is -0.279. The molecule has 3 heteroatoms. The Bertz CT molecular complexity index is 161. The second-order valence-corrected chi connectivity index (χ2v) is 2.43. The molecular weight excluding hydrogens is 142 g/mol. The van der Waals surface area contributed by atoms with Gasteiger partial charge in [-0.3, -0.25) is 0 Å². The molecule has 0 bridgehead atoms. The minimum Gasteiger partial charge on any atom is -0.463 e. The summed E-state index contributed by atoms with van der Waals surface area (Å²) in [5, 5.41) is 0. The molecule has 0 amide bonds. The van der Waals surface area contributed by atoms with Crippen LogP contribution in [-0.4, -0.2) is 31.6 Å². The second-order valence-electron chi connectivity index (χ2n) is 2.43. The molecule has 0 N–H and O–H groups in total. The van der Waals surface area contributed by atoms with Crippen molar-refractivity contribution in [1.29, 1.82) is 0 Å². The van der Waals surface area contributed by atoms with E-state index in [1.165, 1.54) is 6.08 Å². The predicted octanol–water partition coefficient (Wildman–Crippen LogP) is 1.01. The van der Waals surface area contributed by atoms with Crippen LogP contribution in [0, 0.1) is 0 Å².